The van der Waals surface area contributed by atoms with Gasteiger partial charge in [0, 0.05) is 32.7 Å². The van der Waals surface area contributed by atoms with E-state index < -0.39 is 0 Å². The van der Waals surface area contributed by atoms with E-state index in [0.29, 0.717) is 41.5 Å². The summed E-state index contributed by atoms with van der Waals surface area (Å²) in [6.45, 7) is 4.12. The molecule has 0 saturated carbocycles. The minimum Gasteiger partial charge on any atom is -0.491 e. The van der Waals surface area contributed by atoms with Crippen LogP contribution in [0.2, 0.25) is 5.02 Å². The molecule has 0 radical (unpaired) electrons. The molecule has 1 saturated heterocycles. The van der Waals surface area contributed by atoms with Gasteiger partial charge in [-0.25, -0.2) is 4.98 Å². The van der Waals surface area contributed by atoms with E-state index in [1.165, 1.54) is 10.8 Å². The van der Waals surface area contributed by atoms with E-state index >= 15 is 0 Å². The first-order valence-electron chi connectivity index (χ1n) is 9.94. The van der Waals surface area contributed by atoms with Crippen molar-refractivity contribution in [1.29, 1.82) is 0 Å². The second-order valence-corrected chi connectivity index (χ2v) is 7.58. The number of benzene rings is 2. The average Bonchev–Trinajstić information content (AvgIpc) is 2.77. The summed E-state index contributed by atoms with van der Waals surface area (Å²) in [5.41, 5.74) is 1.11. The predicted octanol–water partition coefficient (Wildman–Crippen LogP) is 2.27. The van der Waals surface area contributed by atoms with Gasteiger partial charge in [0.2, 0.25) is 5.91 Å². The molecule has 1 amide bonds. The van der Waals surface area contributed by atoms with Crippen molar-refractivity contribution in [1.82, 2.24) is 19.4 Å². The maximum absolute atomic E-state index is 12.8. The third-order valence-electron chi connectivity index (χ3n) is 5.27. The Bertz CT molecular complexity index is 1090. The molecule has 7 nitrogen and oxygen atoms in total. The second-order valence-electron chi connectivity index (χ2n) is 7.17. The van der Waals surface area contributed by atoms with Crippen LogP contribution in [0, 0.1) is 0 Å². The highest BCUT2D eigenvalue weighted by atomic mass is 35.5. The van der Waals surface area contributed by atoms with E-state index in [0.717, 1.165) is 19.6 Å². The van der Waals surface area contributed by atoms with Crippen molar-refractivity contribution in [3.05, 3.63) is 70.1 Å². The Morgan fingerprint density at radius 3 is 2.57 bits per heavy atom. The molecule has 2 heterocycles. The SMILES string of the molecule is O=C(Cn1c(=O)cnc2ccccc21)N1CCN(CCOc2ccccc2Cl)CC1. The molecule has 2 aromatic carbocycles. The molecule has 0 aliphatic carbocycles. The highest BCUT2D eigenvalue weighted by molar-refractivity contribution is 6.32. The summed E-state index contributed by atoms with van der Waals surface area (Å²) in [5, 5.41) is 0.604. The molecule has 4 rings (SSSR count). The monoisotopic (exact) mass is 426 g/mol. The Morgan fingerprint density at radius 2 is 1.77 bits per heavy atom. The van der Waals surface area contributed by atoms with E-state index in [9.17, 15) is 9.59 Å². The van der Waals surface area contributed by atoms with Gasteiger partial charge in [-0.3, -0.25) is 19.1 Å². The van der Waals surface area contributed by atoms with Crippen molar-refractivity contribution in [2.45, 2.75) is 6.54 Å². The van der Waals surface area contributed by atoms with Crippen LogP contribution in [-0.4, -0.2) is 64.6 Å². The van der Waals surface area contributed by atoms with Gasteiger partial charge in [0.1, 0.15) is 18.9 Å². The first-order chi connectivity index (χ1) is 14.6. The summed E-state index contributed by atoms with van der Waals surface area (Å²) in [6, 6.07) is 14.8. The largest absolute Gasteiger partial charge is 0.491 e. The van der Waals surface area contributed by atoms with Gasteiger partial charge in [-0.2, -0.15) is 0 Å². The van der Waals surface area contributed by atoms with E-state index in [1.54, 1.807) is 6.07 Å². The number of carbonyl (C=O) groups excluding carboxylic acids is 1. The topological polar surface area (TPSA) is 67.7 Å². The molecule has 1 aromatic heterocycles. The Hall–Kier alpha value is -2.90. The normalized spacial score (nSPS) is 14.8. The molecule has 3 aromatic rings. The van der Waals surface area contributed by atoms with Crippen LogP contribution < -0.4 is 10.3 Å². The summed E-state index contributed by atoms with van der Waals surface area (Å²) >= 11 is 6.10. The lowest BCUT2D eigenvalue weighted by molar-refractivity contribution is -0.133. The fourth-order valence-electron chi connectivity index (χ4n) is 3.58. The van der Waals surface area contributed by atoms with Crippen molar-refractivity contribution in [3.8, 4) is 5.75 Å². The van der Waals surface area contributed by atoms with Gasteiger partial charge in [-0.05, 0) is 24.3 Å². The number of amides is 1. The molecule has 156 valence electrons. The van der Waals surface area contributed by atoms with Crippen LogP contribution in [0.3, 0.4) is 0 Å². The maximum atomic E-state index is 12.8. The van der Waals surface area contributed by atoms with Crippen LogP contribution in [-0.2, 0) is 11.3 Å². The van der Waals surface area contributed by atoms with Crippen molar-refractivity contribution < 1.29 is 9.53 Å². The zero-order chi connectivity index (χ0) is 20.9. The minimum atomic E-state index is -0.266. The summed E-state index contributed by atoms with van der Waals surface area (Å²) in [4.78, 5) is 33.3. The minimum absolute atomic E-state index is 0.0253. The molecule has 1 fully saturated rings. The number of hydrogen-bond donors (Lipinski definition) is 0. The number of aromatic nitrogens is 2. The molecular formula is C22H23ClN4O3. The van der Waals surface area contributed by atoms with Crippen LogP contribution in [0.4, 0.5) is 0 Å². The van der Waals surface area contributed by atoms with Gasteiger partial charge in [-0.1, -0.05) is 35.9 Å². The van der Waals surface area contributed by atoms with Crippen molar-refractivity contribution in [2.75, 3.05) is 39.3 Å². The highest BCUT2D eigenvalue weighted by Gasteiger charge is 2.22. The van der Waals surface area contributed by atoms with Crippen LogP contribution >= 0.6 is 11.6 Å². The van der Waals surface area contributed by atoms with Gasteiger partial charge in [0.05, 0.1) is 22.3 Å². The first kappa shape index (κ1) is 20.4. The van der Waals surface area contributed by atoms with Gasteiger partial charge in [0.15, 0.2) is 0 Å². The first-order valence-corrected chi connectivity index (χ1v) is 10.3. The third-order valence-corrected chi connectivity index (χ3v) is 5.58. The summed E-state index contributed by atoms with van der Waals surface area (Å²) in [5.74, 6) is 0.628. The van der Waals surface area contributed by atoms with Gasteiger partial charge in [0.25, 0.3) is 5.56 Å². The maximum Gasteiger partial charge on any atom is 0.269 e. The smallest absolute Gasteiger partial charge is 0.269 e. The molecule has 30 heavy (non-hydrogen) atoms. The van der Waals surface area contributed by atoms with Gasteiger partial charge in [-0.15, -0.1) is 0 Å². The summed E-state index contributed by atoms with van der Waals surface area (Å²) < 4.78 is 7.24. The number of para-hydroxylation sites is 3. The molecule has 8 heteroatoms. The Labute approximate surface area is 179 Å². The van der Waals surface area contributed by atoms with E-state index in [2.05, 4.69) is 9.88 Å². The second kappa shape index (κ2) is 9.28. The molecule has 1 aliphatic heterocycles. The standard InChI is InChI=1S/C22H23ClN4O3/c23-17-5-1-4-8-20(17)30-14-13-25-9-11-26(12-10-25)22(29)16-27-19-7-3-2-6-18(19)24-15-21(27)28/h1-8,15H,9-14,16H2. The molecule has 0 atom stereocenters. The Morgan fingerprint density at radius 1 is 1.03 bits per heavy atom. The molecular weight excluding hydrogens is 404 g/mol. The lowest BCUT2D eigenvalue weighted by Crippen LogP contribution is -2.50. The number of halogens is 1. The number of nitrogens with zero attached hydrogens (tertiary/aromatic N) is 4. The molecule has 1 aliphatic rings. The van der Waals surface area contributed by atoms with Crippen molar-refractivity contribution in [3.63, 3.8) is 0 Å². The number of piperazine rings is 1. The molecule has 0 N–H and O–H groups in total. The Balaban J connectivity index is 1.29. The fourth-order valence-corrected chi connectivity index (χ4v) is 3.77. The third kappa shape index (κ3) is 4.63. The van der Waals surface area contributed by atoms with Gasteiger partial charge >= 0.3 is 0 Å². The van der Waals surface area contributed by atoms with Crippen molar-refractivity contribution >= 4 is 28.5 Å². The quantitative estimate of drug-likeness (QED) is 0.605. The van der Waals surface area contributed by atoms with E-state index in [4.69, 9.17) is 16.3 Å². The van der Waals surface area contributed by atoms with Crippen molar-refractivity contribution in [2.24, 2.45) is 0 Å². The lowest BCUT2D eigenvalue weighted by Gasteiger charge is -2.34. The summed E-state index contributed by atoms with van der Waals surface area (Å²) in [6.07, 6.45) is 1.27. The van der Waals surface area contributed by atoms with E-state index in [1.807, 2.05) is 47.4 Å². The van der Waals surface area contributed by atoms with Crippen LogP contribution in [0.5, 0.6) is 5.75 Å². The van der Waals surface area contributed by atoms with Crippen LogP contribution in [0.15, 0.2) is 59.5 Å². The van der Waals surface area contributed by atoms with Crippen LogP contribution in [0.25, 0.3) is 11.0 Å². The number of rotatable bonds is 6. The number of carbonyl (C=O) groups is 1. The average molecular weight is 427 g/mol. The highest BCUT2D eigenvalue weighted by Crippen LogP contribution is 2.22. The zero-order valence-electron chi connectivity index (χ0n) is 16.5. The zero-order valence-corrected chi connectivity index (χ0v) is 17.3. The van der Waals surface area contributed by atoms with Crippen LogP contribution in [0.1, 0.15) is 0 Å². The van der Waals surface area contributed by atoms with E-state index in [-0.39, 0.29) is 18.0 Å². The Kier molecular flexibility index (Phi) is 6.30. The van der Waals surface area contributed by atoms with Gasteiger partial charge < -0.3 is 9.64 Å². The lowest BCUT2D eigenvalue weighted by atomic mass is 10.2. The molecule has 0 bridgehead atoms. The molecule has 0 unspecified atom stereocenters. The number of hydrogen-bond acceptors (Lipinski definition) is 5. The predicted molar refractivity (Wildman–Crippen MR) is 116 cm³/mol. The molecule has 0 spiro atoms. The fraction of sp³-hybridized carbons (Fsp3) is 0.318. The summed E-state index contributed by atoms with van der Waals surface area (Å²) in [7, 11) is 0. The number of fused-ring (bicyclic) bond motifs is 1. The number of ether oxygens (including phenoxy) is 1.